The first kappa shape index (κ1) is 15.8. The van der Waals surface area contributed by atoms with E-state index in [1.54, 1.807) is 26.4 Å². The van der Waals surface area contributed by atoms with Crippen molar-refractivity contribution in [2.75, 3.05) is 20.8 Å². The van der Waals surface area contributed by atoms with Gasteiger partial charge in [-0.05, 0) is 54.8 Å². The smallest absolute Gasteiger partial charge is 0.123 e. The van der Waals surface area contributed by atoms with Crippen molar-refractivity contribution in [2.45, 2.75) is 25.4 Å². The molecule has 0 saturated carbocycles. The van der Waals surface area contributed by atoms with E-state index in [4.69, 9.17) is 9.47 Å². The van der Waals surface area contributed by atoms with Crippen LogP contribution in [0.4, 0.5) is 4.39 Å². The zero-order chi connectivity index (χ0) is 16.2. The third kappa shape index (κ3) is 3.64. The van der Waals surface area contributed by atoms with E-state index >= 15 is 0 Å². The van der Waals surface area contributed by atoms with Crippen LogP contribution in [-0.2, 0) is 6.54 Å². The zero-order valence-electron chi connectivity index (χ0n) is 13.6. The van der Waals surface area contributed by atoms with Gasteiger partial charge in [0, 0.05) is 18.7 Å². The van der Waals surface area contributed by atoms with Crippen LogP contribution in [0, 0.1) is 5.82 Å². The van der Waals surface area contributed by atoms with Crippen LogP contribution in [0.2, 0.25) is 0 Å². The molecule has 0 aliphatic carbocycles. The minimum atomic E-state index is -0.184. The maximum absolute atomic E-state index is 13.1. The van der Waals surface area contributed by atoms with E-state index < -0.39 is 0 Å². The average molecular weight is 315 g/mol. The second kappa shape index (κ2) is 7.01. The topological polar surface area (TPSA) is 21.7 Å². The Bertz CT molecular complexity index is 635. The summed E-state index contributed by atoms with van der Waals surface area (Å²) in [5.74, 6) is 1.42. The summed E-state index contributed by atoms with van der Waals surface area (Å²) in [6, 6.07) is 13.2. The third-order valence-electron chi connectivity index (χ3n) is 4.42. The van der Waals surface area contributed by atoms with Crippen molar-refractivity contribution in [3.05, 3.63) is 59.4 Å². The molecule has 1 heterocycles. The van der Waals surface area contributed by atoms with Gasteiger partial charge in [-0.3, -0.25) is 4.90 Å². The van der Waals surface area contributed by atoms with E-state index in [1.165, 1.54) is 5.56 Å². The zero-order valence-corrected chi connectivity index (χ0v) is 13.6. The van der Waals surface area contributed by atoms with Crippen molar-refractivity contribution in [2.24, 2.45) is 0 Å². The van der Waals surface area contributed by atoms with Crippen molar-refractivity contribution in [1.29, 1.82) is 0 Å². The quantitative estimate of drug-likeness (QED) is 0.826. The summed E-state index contributed by atoms with van der Waals surface area (Å²) in [6.07, 6.45) is 2.26. The van der Waals surface area contributed by atoms with Crippen molar-refractivity contribution >= 4 is 0 Å². The molecule has 3 nitrogen and oxygen atoms in total. The Morgan fingerprint density at radius 3 is 2.30 bits per heavy atom. The van der Waals surface area contributed by atoms with Crippen LogP contribution in [0.25, 0.3) is 0 Å². The number of likely N-dealkylation sites (tertiary alicyclic amines) is 1. The molecule has 1 saturated heterocycles. The molecule has 4 heteroatoms. The minimum absolute atomic E-state index is 0.184. The van der Waals surface area contributed by atoms with Crippen LogP contribution in [0.15, 0.2) is 42.5 Å². The molecule has 122 valence electrons. The lowest BCUT2D eigenvalue weighted by molar-refractivity contribution is 0.247. The number of methoxy groups -OCH3 is 2. The van der Waals surface area contributed by atoms with E-state index in [-0.39, 0.29) is 5.82 Å². The van der Waals surface area contributed by atoms with Gasteiger partial charge in [-0.15, -0.1) is 0 Å². The maximum atomic E-state index is 13.1. The summed E-state index contributed by atoms with van der Waals surface area (Å²) in [5, 5.41) is 0. The molecule has 0 amide bonds. The molecular formula is C19H22FNO2. The Kier molecular flexibility index (Phi) is 4.82. The fourth-order valence-electron chi connectivity index (χ4n) is 3.27. The lowest BCUT2D eigenvalue weighted by Gasteiger charge is -2.25. The van der Waals surface area contributed by atoms with Gasteiger partial charge < -0.3 is 9.47 Å². The van der Waals surface area contributed by atoms with E-state index in [1.807, 2.05) is 30.3 Å². The summed E-state index contributed by atoms with van der Waals surface area (Å²) in [5.41, 5.74) is 2.34. The van der Waals surface area contributed by atoms with Crippen molar-refractivity contribution in [1.82, 2.24) is 4.90 Å². The van der Waals surface area contributed by atoms with Gasteiger partial charge in [0.1, 0.15) is 17.3 Å². The van der Waals surface area contributed by atoms with Crippen molar-refractivity contribution in [3.8, 4) is 11.5 Å². The highest BCUT2D eigenvalue weighted by atomic mass is 19.1. The van der Waals surface area contributed by atoms with Gasteiger partial charge in [0.2, 0.25) is 0 Å². The summed E-state index contributed by atoms with van der Waals surface area (Å²) < 4.78 is 23.8. The van der Waals surface area contributed by atoms with E-state index in [0.29, 0.717) is 6.04 Å². The molecule has 1 unspecified atom stereocenters. The Hall–Kier alpha value is -2.07. The normalized spacial score (nSPS) is 18.1. The molecule has 1 aliphatic rings. The largest absolute Gasteiger partial charge is 0.497 e. The summed E-state index contributed by atoms with van der Waals surface area (Å²) >= 11 is 0. The van der Waals surface area contributed by atoms with Crippen LogP contribution in [0.3, 0.4) is 0 Å². The van der Waals surface area contributed by atoms with Crippen LogP contribution >= 0.6 is 0 Å². The summed E-state index contributed by atoms with van der Waals surface area (Å²) in [7, 11) is 3.32. The van der Waals surface area contributed by atoms with Crippen molar-refractivity contribution in [3.63, 3.8) is 0 Å². The van der Waals surface area contributed by atoms with Crippen LogP contribution in [0.5, 0.6) is 11.5 Å². The molecule has 0 spiro atoms. The second-order valence-corrected chi connectivity index (χ2v) is 5.90. The van der Waals surface area contributed by atoms with Crippen molar-refractivity contribution < 1.29 is 13.9 Å². The molecule has 2 aromatic carbocycles. The Morgan fingerprint density at radius 2 is 1.70 bits per heavy atom. The Balaban J connectivity index is 1.80. The van der Waals surface area contributed by atoms with Gasteiger partial charge in [0.05, 0.1) is 14.2 Å². The number of rotatable bonds is 5. The molecule has 23 heavy (non-hydrogen) atoms. The third-order valence-corrected chi connectivity index (χ3v) is 4.42. The standard InChI is InChI=1S/C19H22FNO2/c1-22-17-10-14(11-18(12-17)23-2)13-21-9-3-4-19(21)15-5-7-16(20)8-6-15/h5-8,10-12,19H,3-4,9,13H2,1-2H3. The van der Waals surface area contributed by atoms with Crippen LogP contribution < -0.4 is 9.47 Å². The predicted octanol–water partition coefficient (Wildman–Crippen LogP) is 4.18. The number of hydrogen-bond donors (Lipinski definition) is 0. The van der Waals surface area contributed by atoms with E-state index in [0.717, 1.165) is 43.0 Å². The second-order valence-electron chi connectivity index (χ2n) is 5.90. The molecule has 1 atom stereocenters. The Morgan fingerprint density at radius 1 is 1.04 bits per heavy atom. The highest BCUT2D eigenvalue weighted by Crippen LogP contribution is 2.34. The SMILES string of the molecule is COc1cc(CN2CCCC2c2ccc(F)cc2)cc(OC)c1. The minimum Gasteiger partial charge on any atom is -0.497 e. The van der Waals surface area contributed by atoms with Gasteiger partial charge in [0.15, 0.2) is 0 Å². The highest BCUT2D eigenvalue weighted by Gasteiger charge is 2.26. The van der Waals surface area contributed by atoms with E-state index in [2.05, 4.69) is 4.90 Å². The first-order valence-corrected chi connectivity index (χ1v) is 7.91. The number of ether oxygens (including phenoxy) is 2. The lowest BCUT2D eigenvalue weighted by Crippen LogP contribution is -2.22. The van der Waals surface area contributed by atoms with Gasteiger partial charge in [-0.25, -0.2) is 4.39 Å². The van der Waals surface area contributed by atoms with Gasteiger partial charge in [-0.1, -0.05) is 12.1 Å². The molecule has 0 N–H and O–H groups in total. The fraction of sp³-hybridized carbons (Fsp3) is 0.368. The first-order valence-electron chi connectivity index (χ1n) is 7.91. The highest BCUT2D eigenvalue weighted by molar-refractivity contribution is 5.38. The number of nitrogens with zero attached hydrogens (tertiary/aromatic N) is 1. The van der Waals surface area contributed by atoms with Crippen LogP contribution in [-0.4, -0.2) is 25.7 Å². The monoisotopic (exact) mass is 315 g/mol. The van der Waals surface area contributed by atoms with Gasteiger partial charge in [0.25, 0.3) is 0 Å². The molecular weight excluding hydrogens is 293 g/mol. The Labute approximate surface area is 136 Å². The molecule has 1 fully saturated rings. The molecule has 3 rings (SSSR count). The molecule has 0 bridgehead atoms. The first-order chi connectivity index (χ1) is 11.2. The average Bonchev–Trinajstić information content (AvgIpc) is 3.03. The summed E-state index contributed by atoms with van der Waals surface area (Å²) in [4.78, 5) is 2.43. The van der Waals surface area contributed by atoms with E-state index in [9.17, 15) is 4.39 Å². The number of halogens is 1. The lowest BCUT2D eigenvalue weighted by atomic mass is 10.0. The number of hydrogen-bond acceptors (Lipinski definition) is 3. The predicted molar refractivity (Wildman–Crippen MR) is 88.3 cm³/mol. The molecule has 0 radical (unpaired) electrons. The molecule has 2 aromatic rings. The fourth-order valence-corrected chi connectivity index (χ4v) is 3.27. The van der Waals surface area contributed by atoms with Crippen LogP contribution in [0.1, 0.15) is 30.0 Å². The van der Waals surface area contributed by atoms with Gasteiger partial charge >= 0.3 is 0 Å². The molecule has 0 aromatic heterocycles. The maximum Gasteiger partial charge on any atom is 0.123 e. The summed E-state index contributed by atoms with van der Waals surface area (Å²) in [6.45, 7) is 1.87. The van der Waals surface area contributed by atoms with Gasteiger partial charge in [-0.2, -0.15) is 0 Å². The number of benzene rings is 2. The molecule has 1 aliphatic heterocycles.